The van der Waals surface area contributed by atoms with Gasteiger partial charge >= 0.3 is 12.3 Å². The number of nitrogens with zero attached hydrogens (tertiary/aromatic N) is 3. The molecule has 1 unspecified atom stereocenters. The predicted octanol–water partition coefficient (Wildman–Crippen LogP) is 4.30. The summed E-state index contributed by atoms with van der Waals surface area (Å²) in [6.45, 7) is 0.928. The topological polar surface area (TPSA) is 62.7 Å². The number of carbonyl (C=O) groups excluding carboxylic acids is 2. The van der Waals surface area contributed by atoms with Crippen LogP contribution >= 0.6 is 15.9 Å². The Hall–Kier alpha value is -2.69. The molecule has 2 amide bonds. The molecule has 0 N–H and O–H groups in total. The Morgan fingerprint density at radius 1 is 1.31 bits per heavy atom. The minimum absolute atomic E-state index is 0.00744. The number of aryl methyl sites for hydroxylation is 1. The molecule has 0 spiro atoms. The van der Waals surface area contributed by atoms with Crippen molar-refractivity contribution in [1.82, 2.24) is 4.98 Å². The standard InChI is InChI=1S/C18H14BrF4N3O3/c1-9-5-10(18(21,22)23)6-15(24-9)26-14(8-29-17(26)28)16(27)25(2)13-4-3-11(19)7-12(13)20/h3-7,14H,8H2,1-2H3. The zero-order valence-corrected chi connectivity index (χ0v) is 16.7. The van der Waals surface area contributed by atoms with Crippen molar-refractivity contribution in [2.45, 2.75) is 19.1 Å². The third-order valence-corrected chi connectivity index (χ3v) is 4.77. The average molecular weight is 476 g/mol. The Kier molecular flexibility index (Phi) is 5.52. The highest BCUT2D eigenvalue weighted by molar-refractivity contribution is 9.10. The second-order valence-corrected chi connectivity index (χ2v) is 7.22. The van der Waals surface area contributed by atoms with E-state index in [1.165, 1.54) is 26.1 Å². The summed E-state index contributed by atoms with van der Waals surface area (Å²) in [5.41, 5.74) is -1.07. The van der Waals surface area contributed by atoms with Gasteiger partial charge in [-0.2, -0.15) is 13.2 Å². The summed E-state index contributed by atoms with van der Waals surface area (Å²) < 4.78 is 58.9. The third kappa shape index (κ3) is 4.19. The number of rotatable bonds is 3. The fraction of sp³-hybridized carbons (Fsp3) is 0.278. The lowest BCUT2D eigenvalue weighted by molar-refractivity contribution is -0.137. The molecule has 6 nitrogen and oxygen atoms in total. The van der Waals surface area contributed by atoms with E-state index >= 15 is 0 Å². The highest BCUT2D eigenvalue weighted by Gasteiger charge is 2.43. The van der Waals surface area contributed by atoms with Crippen LogP contribution in [-0.2, 0) is 15.7 Å². The molecular weight excluding hydrogens is 462 g/mol. The molecule has 0 radical (unpaired) electrons. The Morgan fingerprint density at radius 2 is 2.00 bits per heavy atom. The van der Waals surface area contributed by atoms with Crippen LogP contribution in [0.2, 0.25) is 0 Å². The number of carbonyl (C=O) groups is 2. The molecule has 1 fully saturated rings. The molecule has 2 aromatic rings. The number of aromatic nitrogens is 1. The van der Waals surface area contributed by atoms with Gasteiger partial charge in [0.1, 0.15) is 18.2 Å². The van der Waals surface area contributed by atoms with Crippen LogP contribution in [0.15, 0.2) is 34.8 Å². The van der Waals surface area contributed by atoms with Crippen LogP contribution in [0.25, 0.3) is 0 Å². The molecule has 2 heterocycles. The minimum atomic E-state index is -4.66. The Morgan fingerprint density at radius 3 is 2.62 bits per heavy atom. The van der Waals surface area contributed by atoms with Gasteiger partial charge < -0.3 is 9.64 Å². The molecule has 1 aromatic carbocycles. The first-order valence-electron chi connectivity index (χ1n) is 8.23. The van der Waals surface area contributed by atoms with Crippen LogP contribution < -0.4 is 9.80 Å². The quantitative estimate of drug-likeness (QED) is 0.621. The largest absolute Gasteiger partial charge is 0.446 e. The van der Waals surface area contributed by atoms with E-state index in [9.17, 15) is 27.2 Å². The lowest BCUT2D eigenvalue weighted by Gasteiger charge is -2.26. The summed E-state index contributed by atoms with van der Waals surface area (Å²) in [4.78, 5) is 30.7. The van der Waals surface area contributed by atoms with E-state index < -0.39 is 42.2 Å². The molecule has 1 aliphatic rings. The monoisotopic (exact) mass is 475 g/mol. The molecular formula is C18H14BrF4N3O3. The fourth-order valence-corrected chi connectivity index (χ4v) is 3.22. The van der Waals surface area contributed by atoms with Gasteiger partial charge in [0.05, 0.1) is 11.3 Å². The van der Waals surface area contributed by atoms with Crippen molar-refractivity contribution in [1.29, 1.82) is 0 Å². The van der Waals surface area contributed by atoms with Crippen LogP contribution in [0, 0.1) is 12.7 Å². The van der Waals surface area contributed by atoms with Gasteiger partial charge in [-0.05, 0) is 37.3 Å². The van der Waals surface area contributed by atoms with Crippen molar-refractivity contribution in [3.63, 3.8) is 0 Å². The number of cyclic esters (lactones) is 1. The first kappa shape index (κ1) is 21.0. The number of hydrogen-bond donors (Lipinski definition) is 0. The Balaban J connectivity index is 1.97. The second kappa shape index (κ2) is 7.62. The normalized spacial score (nSPS) is 16.7. The van der Waals surface area contributed by atoms with E-state index in [4.69, 9.17) is 4.74 Å². The fourth-order valence-electron chi connectivity index (χ4n) is 2.89. The highest BCUT2D eigenvalue weighted by Crippen LogP contribution is 2.33. The number of hydrogen-bond acceptors (Lipinski definition) is 4. The average Bonchev–Trinajstić information content (AvgIpc) is 3.01. The van der Waals surface area contributed by atoms with Gasteiger partial charge in [0.15, 0.2) is 6.04 Å². The number of ether oxygens (including phenoxy) is 1. The molecule has 0 aliphatic carbocycles. The minimum Gasteiger partial charge on any atom is -0.446 e. The SMILES string of the molecule is Cc1cc(C(F)(F)F)cc(N2C(=O)OCC2C(=O)N(C)c2ccc(Br)cc2F)n1. The number of benzene rings is 1. The van der Waals surface area contributed by atoms with Crippen LogP contribution in [0.1, 0.15) is 11.3 Å². The molecule has 0 bridgehead atoms. The van der Waals surface area contributed by atoms with E-state index in [0.717, 1.165) is 21.9 Å². The summed E-state index contributed by atoms with van der Waals surface area (Å²) in [5, 5.41) is 0. The van der Waals surface area contributed by atoms with Crippen molar-refractivity contribution < 1.29 is 31.9 Å². The van der Waals surface area contributed by atoms with E-state index in [1.54, 1.807) is 0 Å². The molecule has 1 saturated heterocycles. The molecule has 3 rings (SSSR count). The van der Waals surface area contributed by atoms with E-state index in [1.807, 2.05) is 0 Å². The van der Waals surface area contributed by atoms with Crippen molar-refractivity contribution in [3.8, 4) is 0 Å². The van der Waals surface area contributed by atoms with Crippen molar-refractivity contribution in [2.75, 3.05) is 23.5 Å². The third-order valence-electron chi connectivity index (χ3n) is 4.27. The number of anilines is 2. The highest BCUT2D eigenvalue weighted by atomic mass is 79.9. The first-order valence-corrected chi connectivity index (χ1v) is 9.03. The van der Waals surface area contributed by atoms with E-state index in [2.05, 4.69) is 20.9 Å². The molecule has 11 heteroatoms. The van der Waals surface area contributed by atoms with Crippen molar-refractivity contribution >= 4 is 39.4 Å². The first-order chi connectivity index (χ1) is 13.5. The smallest absolute Gasteiger partial charge is 0.416 e. The van der Waals surface area contributed by atoms with Crippen molar-refractivity contribution in [3.05, 3.63) is 51.9 Å². The predicted molar refractivity (Wildman–Crippen MR) is 99.1 cm³/mol. The van der Waals surface area contributed by atoms with Crippen LogP contribution in [-0.4, -0.2) is 36.7 Å². The van der Waals surface area contributed by atoms with Gasteiger partial charge in [-0.25, -0.2) is 19.1 Å². The van der Waals surface area contributed by atoms with Crippen LogP contribution in [0.5, 0.6) is 0 Å². The van der Waals surface area contributed by atoms with Gasteiger partial charge in [-0.15, -0.1) is 0 Å². The summed E-state index contributed by atoms with van der Waals surface area (Å²) in [7, 11) is 1.29. The van der Waals surface area contributed by atoms with Crippen LogP contribution in [0.4, 0.5) is 33.9 Å². The number of alkyl halides is 3. The summed E-state index contributed by atoms with van der Waals surface area (Å²) in [6.07, 6.45) is -5.68. The zero-order valence-electron chi connectivity index (χ0n) is 15.1. The van der Waals surface area contributed by atoms with Crippen molar-refractivity contribution in [2.24, 2.45) is 0 Å². The van der Waals surface area contributed by atoms with Gasteiger partial charge in [0.25, 0.3) is 5.91 Å². The lowest BCUT2D eigenvalue weighted by Crippen LogP contribution is -2.47. The molecule has 1 aliphatic heterocycles. The summed E-state index contributed by atoms with van der Waals surface area (Å²) in [6, 6.07) is 4.22. The van der Waals surface area contributed by atoms with E-state index in [0.29, 0.717) is 10.5 Å². The van der Waals surface area contributed by atoms with E-state index in [-0.39, 0.29) is 17.2 Å². The van der Waals surface area contributed by atoms with Gasteiger partial charge in [-0.1, -0.05) is 15.9 Å². The maximum absolute atomic E-state index is 14.2. The van der Waals surface area contributed by atoms with Gasteiger partial charge in [0, 0.05) is 17.2 Å². The number of pyridine rings is 1. The molecule has 29 heavy (non-hydrogen) atoms. The Bertz CT molecular complexity index is 983. The molecule has 0 saturated carbocycles. The Labute approximate surface area is 171 Å². The molecule has 1 atom stereocenters. The summed E-state index contributed by atoms with van der Waals surface area (Å²) >= 11 is 3.11. The molecule has 1 aromatic heterocycles. The maximum atomic E-state index is 14.2. The van der Waals surface area contributed by atoms with Crippen LogP contribution in [0.3, 0.4) is 0 Å². The van der Waals surface area contributed by atoms with Gasteiger partial charge in [-0.3, -0.25) is 4.79 Å². The molecule has 154 valence electrons. The number of amides is 2. The second-order valence-electron chi connectivity index (χ2n) is 6.31. The lowest BCUT2D eigenvalue weighted by atomic mass is 10.2. The summed E-state index contributed by atoms with van der Waals surface area (Å²) in [5.74, 6) is -1.81. The number of halogens is 5. The zero-order chi connectivity index (χ0) is 21.5. The maximum Gasteiger partial charge on any atom is 0.416 e. The number of likely N-dealkylation sites (N-methyl/N-ethyl adjacent to an activating group) is 1. The van der Waals surface area contributed by atoms with Gasteiger partial charge in [0.2, 0.25) is 0 Å².